The van der Waals surface area contributed by atoms with Crippen molar-refractivity contribution in [1.82, 2.24) is 9.97 Å². The van der Waals surface area contributed by atoms with Gasteiger partial charge >= 0.3 is 0 Å². The summed E-state index contributed by atoms with van der Waals surface area (Å²) >= 11 is 1.79. The summed E-state index contributed by atoms with van der Waals surface area (Å²) in [5.74, 6) is 1.77. The van der Waals surface area contributed by atoms with E-state index in [-0.39, 0.29) is 0 Å². The molecule has 3 aromatic rings. The molecule has 0 saturated carbocycles. The van der Waals surface area contributed by atoms with Gasteiger partial charge in [-0.1, -0.05) is 18.2 Å². The van der Waals surface area contributed by atoms with Gasteiger partial charge < -0.3 is 9.72 Å². The van der Waals surface area contributed by atoms with Crippen molar-refractivity contribution in [3.8, 4) is 5.75 Å². The molecule has 0 aliphatic heterocycles. The summed E-state index contributed by atoms with van der Waals surface area (Å²) in [6, 6.07) is 8.41. The summed E-state index contributed by atoms with van der Waals surface area (Å²) in [5.41, 5.74) is 5.77. The Hall–Kier alpha value is -1.94. The maximum atomic E-state index is 5.48. The summed E-state index contributed by atoms with van der Waals surface area (Å²) < 4.78 is 5.48. The van der Waals surface area contributed by atoms with Gasteiger partial charge in [0.25, 0.3) is 0 Å². The fraction of sp³-hybridized carbons (Fsp3) is 0.278. The average Bonchev–Trinajstić information content (AvgIpc) is 2.84. The lowest BCUT2D eigenvalue weighted by molar-refractivity contribution is 0.407. The molecular formula is C18H20N2OS. The van der Waals surface area contributed by atoms with Gasteiger partial charge in [-0.25, -0.2) is 0 Å². The van der Waals surface area contributed by atoms with Crippen molar-refractivity contribution in [2.75, 3.05) is 7.11 Å². The monoisotopic (exact) mass is 312 g/mol. The van der Waals surface area contributed by atoms with Crippen LogP contribution in [0.3, 0.4) is 0 Å². The fourth-order valence-corrected chi connectivity index (χ4v) is 3.84. The molecule has 2 aromatic heterocycles. The minimum Gasteiger partial charge on any atom is -0.496 e. The third-order valence-electron chi connectivity index (χ3n) is 4.02. The Balaban J connectivity index is 1.87. The molecule has 0 bridgehead atoms. The van der Waals surface area contributed by atoms with E-state index in [4.69, 9.17) is 4.74 Å². The smallest absolute Gasteiger partial charge is 0.128 e. The Kier molecular flexibility index (Phi) is 4.12. The second-order valence-electron chi connectivity index (χ2n) is 5.46. The number of fused-ring (bicyclic) bond motifs is 1. The van der Waals surface area contributed by atoms with Crippen molar-refractivity contribution in [3.63, 3.8) is 0 Å². The molecule has 0 fully saturated rings. The number of para-hydroxylation sites is 1. The van der Waals surface area contributed by atoms with Gasteiger partial charge in [0.2, 0.25) is 0 Å². The number of aryl methyl sites for hydroxylation is 2. The first kappa shape index (κ1) is 15.0. The number of aromatic nitrogens is 2. The Labute approximate surface area is 135 Å². The Bertz CT molecular complexity index is 823. The molecule has 0 aliphatic rings. The van der Waals surface area contributed by atoms with Crippen LogP contribution in [0.15, 0.2) is 35.5 Å². The zero-order valence-corrected chi connectivity index (χ0v) is 14.2. The number of ether oxygens (including phenoxy) is 1. The van der Waals surface area contributed by atoms with Gasteiger partial charge in [0.15, 0.2) is 0 Å². The predicted octanol–water partition coefficient (Wildman–Crippen LogP) is 4.79. The summed E-state index contributed by atoms with van der Waals surface area (Å²) in [7, 11) is 1.72. The van der Waals surface area contributed by atoms with Gasteiger partial charge in [-0.3, -0.25) is 4.98 Å². The first-order chi connectivity index (χ1) is 10.6. The van der Waals surface area contributed by atoms with E-state index in [1.807, 2.05) is 13.1 Å². The summed E-state index contributed by atoms with van der Waals surface area (Å²) in [6.07, 6.45) is 1.89. The molecule has 0 atom stereocenters. The number of methoxy groups -OCH3 is 1. The normalized spacial score (nSPS) is 11.1. The third kappa shape index (κ3) is 2.59. The standard InChI is InChI=1S/C18H20N2OS/c1-11-9-19-16(13(3)17(11)21-4)10-22-18-12(2)14-7-5-6-8-15(14)20-18/h5-9,20H,10H2,1-4H3. The van der Waals surface area contributed by atoms with Crippen LogP contribution in [-0.2, 0) is 5.75 Å². The quantitative estimate of drug-likeness (QED) is 0.704. The van der Waals surface area contributed by atoms with Crippen LogP contribution in [0.1, 0.15) is 22.4 Å². The largest absolute Gasteiger partial charge is 0.496 e. The Morgan fingerprint density at radius 3 is 2.64 bits per heavy atom. The van der Waals surface area contributed by atoms with Crippen LogP contribution < -0.4 is 4.74 Å². The van der Waals surface area contributed by atoms with E-state index in [9.17, 15) is 0 Å². The van der Waals surface area contributed by atoms with Crippen molar-refractivity contribution in [2.45, 2.75) is 31.6 Å². The summed E-state index contributed by atoms with van der Waals surface area (Å²) in [5, 5.41) is 2.50. The number of thioether (sulfide) groups is 1. The number of hydrogen-bond acceptors (Lipinski definition) is 3. The van der Waals surface area contributed by atoms with Crippen molar-refractivity contribution in [1.29, 1.82) is 0 Å². The molecule has 4 heteroatoms. The van der Waals surface area contributed by atoms with E-state index in [1.54, 1.807) is 18.9 Å². The van der Waals surface area contributed by atoms with Crippen LogP contribution in [0.5, 0.6) is 5.75 Å². The van der Waals surface area contributed by atoms with Crippen LogP contribution in [0.4, 0.5) is 0 Å². The number of benzene rings is 1. The lowest BCUT2D eigenvalue weighted by Crippen LogP contribution is -1.98. The van der Waals surface area contributed by atoms with Gasteiger partial charge in [0.1, 0.15) is 5.75 Å². The van der Waals surface area contributed by atoms with E-state index >= 15 is 0 Å². The van der Waals surface area contributed by atoms with Gasteiger partial charge in [-0.05, 0) is 32.4 Å². The van der Waals surface area contributed by atoms with Crippen LogP contribution in [0.2, 0.25) is 0 Å². The Morgan fingerprint density at radius 2 is 1.91 bits per heavy atom. The van der Waals surface area contributed by atoms with Crippen molar-refractivity contribution in [2.24, 2.45) is 0 Å². The molecular weight excluding hydrogens is 292 g/mol. The van der Waals surface area contributed by atoms with E-state index in [0.29, 0.717) is 0 Å². The first-order valence-electron chi connectivity index (χ1n) is 7.31. The van der Waals surface area contributed by atoms with Crippen LogP contribution >= 0.6 is 11.8 Å². The molecule has 0 aliphatic carbocycles. The molecule has 0 radical (unpaired) electrons. The van der Waals surface area contributed by atoms with E-state index < -0.39 is 0 Å². The highest BCUT2D eigenvalue weighted by Gasteiger charge is 2.12. The SMILES string of the molecule is COc1c(C)cnc(CSc2[nH]c3ccccc3c2C)c1C. The van der Waals surface area contributed by atoms with Gasteiger partial charge in [0, 0.05) is 34.0 Å². The lowest BCUT2D eigenvalue weighted by atomic mass is 10.1. The highest BCUT2D eigenvalue weighted by Crippen LogP contribution is 2.33. The molecule has 22 heavy (non-hydrogen) atoms. The Morgan fingerprint density at radius 1 is 1.14 bits per heavy atom. The zero-order chi connectivity index (χ0) is 15.7. The maximum Gasteiger partial charge on any atom is 0.128 e. The fourth-order valence-electron chi connectivity index (χ4n) is 2.76. The van der Waals surface area contributed by atoms with E-state index in [1.165, 1.54) is 21.5 Å². The topological polar surface area (TPSA) is 37.9 Å². The number of nitrogens with one attached hydrogen (secondary N) is 1. The second-order valence-corrected chi connectivity index (χ2v) is 6.45. The number of H-pyrrole nitrogens is 1. The highest BCUT2D eigenvalue weighted by molar-refractivity contribution is 7.98. The molecule has 3 rings (SSSR count). The van der Waals surface area contributed by atoms with E-state index in [2.05, 4.69) is 48.1 Å². The van der Waals surface area contributed by atoms with Gasteiger partial charge in [0.05, 0.1) is 17.8 Å². The maximum absolute atomic E-state index is 5.48. The molecule has 2 heterocycles. The van der Waals surface area contributed by atoms with E-state index in [0.717, 1.165) is 28.3 Å². The highest BCUT2D eigenvalue weighted by atomic mass is 32.2. The van der Waals surface area contributed by atoms with Gasteiger partial charge in [-0.15, -0.1) is 11.8 Å². The molecule has 1 N–H and O–H groups in total. The molecule has 1 aromatic carbocycles. The zero-order valence-electron chi connectivity index (χ0n) is 13.4. The molecule has 0 unspecified atom stereocenters. The molecule has 3 nitrogen and oxygen atoms in total. The van der Waals surface area contributed by atoms with Crippen LogP contribution in [-0.4, -0.2) is 17.1 Å². The molecule has 0 spiro atoms. The minimum absolute atomic E-state index is 0.829. The lowest BCUT2D eigenvalue weighted by Gasteiger charge is -2.11. The van der Waals surface area contributed by atoms with Crippen molar-refractivity contribution >= 4 is 22.7 Å². The van der Waals surface area contributed by atoms with Crippen molar-refractivity contribution < 1.29 is 4.74 Å². The van der Waals surface area contributed by atoms with Crippen LogP contribution in [0, 0.1) is 20.8 Å². The third-order valence-corrected chi connectivity index (χ3v) is 5.14. The van der Waals surface area contributed by atoms with Crippen molar-refractivity contribution in [3.05, 3.63) is 52.8 Å². The average molecular weight is 312 g/mol. The first-order valence-corrected chi connectivity index (χ1v) is 8.29. The number of rotatable bonds is 4. The van der Waals surface area contributed by atoms with Crippen LogP contribution in [0.25, 0.3) is 10.9 Å². The summed E-state index contributed by atoms with van der Waals surface area (Å²) in [4.78, 5) is 8.07. The number of pyridine rings is 1. The number of aromatic amines is 1. The molecule has 0 saturated heterocycles. The summed E-state index contributed by atoms with van der Waals surface area (Å²) in [6.45, 7) is 6.27. The number of hydrogen-bond donors (Lipinski definition) is 1. The molecule has 114 valence electrons. The predicted molar refractivity (Wildman–Crippen MR) is 92.9 cm³/mol. The molecule has 0 amide bonds. The minimum atomic E-state index is 0.829. The number of nitrogens with zero attached hydrogens (tertiary/aromatic N) is 1. The van der Waals surface area contributed by atoms with Gasteiger partial charge in [-0.2, -0.15) is 0 Å². The second kappa shape index (κ2) is 6.05.